The summed E-state index contributed by atoms with van der Waals surface area (Å²) in [5, 5.41) is 3.33. The van der Waals surface area contributed by atoms with Gasteiger partial charge in [0, 0.05) is 32.7 Å². The maximum Gasteiger partial charge on any atom is 0.0192 e. The van der Waals surface area contributed by atoms with Gasteiger partial charge < -0.3 is 5.32 Å². The third-order valence-corrected chi connectivity index (χ3v) is 3.37. The van der Waals surface area contributed by atoms with Crippen LogP contribution in [0.5, 0.6) is 0 Å². The molecule has 74 valence electrons. The van der Waals surface area contributed by atoms with Crippen LogP contribution in [0.4, 0.5) is 0 Å². The third kappa shape index (κ3) is 2.12. The molecule has 13 heavy (non-hydrogen) atoms. The van der Waals surface area contributed by atoms with Crippen LogP contribution in [0.25, 0.3) is 0 Å². The molecule has 0 bridgehead atoms. The molecule has 0 saturated carbocycles. The Labute approximate surface area is 81.0 Å². The van der Waals surface area contributed by atoms with E-state index < -0.39 is 0 Å². The van der Waals surface area contributed by atoms with Gasteiger partial charge in [0.05, 0.1) is 0 Å². The first kappa shape index (κ1) is 9.22. The Balaban J connectivity index is 1.82. The molecule has 0 aromatic heterocycles. The van der Waals surface area contributed by atoms with Gasteiger partial charge in [0.1, 0.15) is 0 Å². The van der Waals surface area contributed by atoms with E-state index in [4.69, 9.17) is 0 Å². The van der Waals surface area contributed by atoms with Crippen molar-refractivity contribution in [2.24, 2.45) is 5.92 Å². The maximum absolute atomic E-state index is 3.33. The minimum Gasteiger partial charge on any atom is -0.316 e. The van der Waals surface area contributed by atoms with Gasteiger partial charge in [0.15, 0.2) is 0 Å². The van der Waals surface area contributed by atoms with Crippen LogP contribution in [-0.4, -0.2) is 37.6 Å². The van der Waals surface area contributed by atoms with E-state index in [9.17, 15) is 0 Å². The fourth-order valence-corrected chi connectivity index (χ4v) is 2.09. The summed E-state index contributed by atoms with van der Waals surface area (Å²) in [5.74, 6) is 0.922. The molecule has 0 aliphatic carbocycles. The molecule has 2 aliphatic heterocycles. The van der Waals surface area contributed by atoms with Crippen molar-refractivity contribution in [1.82, 2.24) is 10.2 Å². The molecular weight excluding hydrogens is 160 g/mol. The Hall–Kier alpha value is -0.340. The quantitative estimate of drug-likeness (QED) is 0.643. The van der Waals surface area contributed by atoms with E-state index in [2.05, 4.69) is 24.1 Å². The molecule has 1 fully saturated rings. The van der Waals surface area contributed by atoms with Crippen molar-refractivity contribution in [2.45, 2.75) is 20.3 Å². The Bertz CT molecular complexity index is 216. The van der Waals surface area contributed by atoms with Crippen LogP contribution < -0.4 is 5.32 Å². The molecule has 0 atom stereocenters. The Morgan fingerprint density at radius 3 is 2.62 bits per heavy atom. The highest BCUT2D eigenvalue weighted by Crippen LogP contribution is 2.18. The standard InChI is InChI=1S/C11H20N2/c1-9-3-4-13(7-10(9)2)8-11-5-12-6-11/h11-12H,3-8H2,1-2H3. The number of rotatable bonds is 2. The Morgan fingerprint density at radius 2 is 2.08 bits per heavy atom. The average molecular weight is 180 g/mol. The molecule has 2 heteroatoms. The second-order valence-corrected chi connectivity index (χ2v) is 4.57. The number of hydrogen-bond acceptors (Lipinski definition) is 2. The average Bonchev–Trinajstić information content (AvgIpc) is 2.04. The lowest BCUT2D eigenvalue weighted by Crippen LogP contribution is -2.49. The smallest absolute Gasteiger partial charge is 0.0192 e. The molecule has 1 N–H and O–H groups in total. The van der Waals surface area contributed by atoms with Crippen LogP contribution >= 0.6 is 0 Å². The summed E-state index contributed by atoms with van der Waals surface area (Å²) in [6.45, 7) is 10.8. The molecule has 2 rings (SSSR count). The molecule has 1 saturated heterocycles. The lowest BCUT2D eigenvalue weighted by Gasteiger charge is -2.35. The van der Waals surface area contributed by atoms with Crippen molar-refractivity contribution < 1.29 is 0 Å². The highest BCUT2D eigenvalue weighted by atomic mass is 15.1. The first-order valence-electron chi connectivity index (χ1n) is 5.34. The molecule has 2 nitrogen and oxygen atoms in total. The van der Waals surface area contributed by atoms with E-state index in [1.807, 2.05) is 0 Å². The largest absolute Gasteiger partial charge is 0.316 e. The molecule has 0 spiro atoms. The molecule has 2 aliphatic rings. The Morgan fingerprint density at radius 1 is 1.31 bits per heavy atom. The number of nitrogens with one attached hydrogen (secondary N) is 1. The van der Waals surface area contributed by atoms with Gasteiger partial charge in [-0.05, 0) is 26.2 Å². The Kier molecular flexibility index (Phi) is 2.70. The van der Waals surface area contributed by atoms with Crippen molar-refractivity contribution in [1.29, 1.82) is 0 Å². The monoisotopic (exact) mass is 180 g/mol. The van der Waals surface area contributed by atoms with Gasteiger partial charge in [-0.2, -0.15) is 0 Å². The second-order valence-electron chi connectivity index (χ2n) is 4.57. The number of nitrogens with zero attached hydrogens (tertiary/aromatic N) is 1. The minimum absolute atomic E-state index is 0.922. The van der Waals surface area contributed by atoms with E-state index in [0.717, 1.165) is 5.92 Å². The van der Waals surface area contributed by atoms with Crippen molar-refractivity contribution in [3.63, 3.8) is 0 Å². The normalized spacial score (nSPS) is 26.3. The van der Waals surface area contributed by atoms with E-state index in [1.165, 1.54) is 39.1 Å². The van der Waals surface area contributed by atoms with Crippen molar-refractivity contribution in [3.8, 4) is 0 Å². The van der Waals surface area contributed by atoms with Crippen LogP contribution in [0.2, 0.25) is 0 Å². The maximum atomic E-state index is 3.33. The SMILES string of the molecule is CC1=C(C)CN(CC2CNC2)CC1. The predicted octanol–water partition coefficient (Wildman–Crippen LogP) is 1.25. The first-order valence-corrected chi connectivity index (χ1v) is 5.34. The molecule has 0 unspecified atom stereocenters. The summed E-state index contributed by atoms with van der Waals surface area (Å²) >= 11 is 0. The zero-order chi connectivity index (χ0) is 9.26. The van der Waals surface area contributed by atoms with Gasteiger partial charge in [-0.3, -0.25) is 4.90 Å². The summed E-state index contributed by atoms with van der Waals surface area (Å²) in [6.07, 6.45) is 1.28. The van der Waals surface area contributed by atoms with Crippen LogP contribution in [0.3, 0.4) is 0 Å². The van der Waals surface area contributed by atoms with Crippen molar-refractivity contribution in [3.05, 3.63) is 11.1 Å². The van der Waals surface area contributed by atoms with Crippen molar-refractivity contribution >= 4 is 0 Å². The topological polar surface area (TPSA) is 15.3 Å². The lowest BCUT2D eigenvalue weighted by molar-refractivity contribution is 0.199. The fourth-order valence-electron chi connectivity index (χ4n) is 2.09. The van der Waals surface area contributed by atoms with E-state index in [-0.39, 0.29) is 0 Å². The zero-order valence-corrected chi connectivity index (χ0v) is 8.77. The van der Waals surface area contributed by atoms with Gasteiger partial charge in [-0.25, -0.2) is 0 Å². The van der Waals surface area contributed by atoms with Gasteiger partial charge in [0.25, 0.3) is 0 Å². The lowest BCUT2D eigenvalue weighted by atomic mass is 9.99. The van der Waals surface area contributed by atoms with Gasteiger partial charge in [-0.15, -0.1) is 0 Å². The molecular formula is C11H20N2. The highest BCUT2D eigenvalue weighted by Gasteiger charge is 2.21. The molecule has 0 aromatic carbocycles. The van der Waals surface area contributed by atoms with E-state index in [1.54, 1.807) is 11.1 Å². The van der Waals surface area contributed by atoms with E-state index >= 15 is 0 Å². The first-order chi connectivity index (χ1) is 6.25. The number of hydrogen-bond donors (Lipinski definition) is 1. The highest BCUT2D eigenvalue weighted by molar-refractivity contribution is 5.14. The molecule has 0 radical (unpaired) electrons. The van der Waals surface area contributed by atoms with Crippen molar-refractivity contribution in [2.75, 3.05) is 32.7 Å². The summed E-state index contributed by atoms with van der Waals surface area (Å²) in [7, 11) is 0. The molecule has 0 aromatic rings. The van der Waals surface area contributed by atoms with Crippen LogP contribution in [-0.2, 0) is 0 Å². The van der Waals surface area contributed by atoms with Gasteiger partial charge in [0.2, 0.25) is 0 Å². The minimum atomic E-state index is 0.922. The summed E-state index contributed by atoms with van der Waals surface area (Å²) < 4.78 is 0. The van der Waals surface area contributed by atoms with Gasteiger partial charge >= 0.3 is 0 Å². The molecule has 2 heterocycles. The second kappa shape index (κ2) is 3.81. The summed E-state index contributed by atoms with van der Waals surface area (Å²) in [6, 6.07) is 0. The van der Waals surface area contributed by atoms with Gasteiger partial charge in [-0.1, -0.05) is 11.1 Å². The summed E-state index contributed by atoms with van der Waals surface area (Å²) in [4.78, 5) is 2.60. The van der Waals surface area contributed by atoms with Crippen LogP contribution in [0, 0.1) is 5.92 Å². The van der Waals surface area contributed by atoms with Crippen LogP contribution in [0.15, 0.2) is 11.1 Å². The predicted molar refractivity (Wildman–Crippen MR) is 55.8 cm³/mol. The third-order valence-electron chi connectivity index (χ3n) is 3.37. The fraction of sp³-hybridized carbons (Fsp3) is 0.818. The summed E-state index contributed by atoms with van der Waals surface area (Å²) in [5.41, 5.74) is 3.21. The zero-order valence-electron chi connectivity index (χ0n) is 8.77. The molecule has 0 amide bonds. The van der Waals surface area contributed by atoms with E-state index in [0.29, 0.717) is 0 Å². The van der Waals surface area contributed by atoms with Crippen LogP contribution in [0.1, 0.15) is 20.3 Å².